The summed E-state index contributed by atoms with van der Waals surface area (Å²) >= 11 is 1.03. The maximum Gasteiger partial charge on any atom is 0.303 e. The third kappa shape index (κ3) is 19.9. The van der Waals surface area contributed by atoms with E-state index in [0.29, 0.717) is 31.4 Å². The smallest absolute Gasteiger partial charge is 0.303 e. The minimum atomic E-state index is -1.71. The first-order valence-electron chi connectivity index (χ1n) is 32.4. The standard InChI is InChI=1S/C66H93N11O17S/c1-9-39(4)55(71-61(88)49-35-72(49)6)65(91)73(7)47(38(2)3)34-50(92-40(5)79)62-70-46(37-95-62)63(89)74(8)48(33-42-20-22-43(23-21-42)93-66-58(85)57(84)56(83)51(36-78)94-66)60(87)68-44(18-13-14-26-67)59(86)69-45(32-41-16-11-10-12-17-41)64(90)76-30-28-75(29-31-76)52(80)19-15-27-77-53(81)24-25-54(77)82/h10-12,16-17,20-25,37-39,44-45,47-51,55-58,66,78,83-85H,9,13-15,18-19,26-36,67H2,1-8H3,(H,68,87)(H,69,86)(H,71,88)/t39-,44+,45-,47+,48-,49?,50+,51?,55?,56?,57?,58?,66?,72?/m0/s1. The number of amides is 9. The molecule has 3 saturated heterocycles. The Morgan fingerprint density at radius 1 is 0.800 bits per heavy atom. The van der Waals surface area contributed by atoms with E-state index in [9.17, 15) is 63.6 Å². The molecule has 1 aromatic heterocycles. The zero-order valence-corrected chi connectivity index (χ0v) is 56.1. The number of benzene rings is 2. The van der Waals surface area contributed by atoms with Gasteiger partial charge in [-0.05, 0) is 74.4 Å². The summed E-state index contributed by atoms with van der Waals surface area (Å²) in [5.41, 5.74) is 6.98. The minimum Gasteiger partial charge on any atom is -0.462 e. The van der Waals surface area contributed by atoms with E-state index < -0.39 is 115 Å². The van der Waals surface area contributed by atoms with Gasteiger partial charge in [-0.2, -0.15) is 0 Å². The molecule has 9 amide bonds. The number of esters is 1. The van der Waals surface area contributed by atoms with Crippen LogP contribution in [0.25, 0.3) is 0 Å². The molecule has 0 saturated carbocycles. The van der Waals surface area contributed by atoms with E-state index in [1.807, 2.05) is 57.8 Å². The number of nitrogens with zero attached hydrogens (tertiary/aromatic N) is 7. The third-order valence-electron chi connectivity index (χ3n) is 18.0. The second-order valence-corrected chi connectivity index (χ2v) is 26.0. The van der Waals surface area contributed by atoms with Gasteiger partial charge in [0.1, 0.15) is 71.1 Å². The van der Waals surface area contributed by atoms with Crippen LogP contribution in [0.3, 0.4) is 0 Å². The maximum absolute atomic E-state index is 15.2. The van der Waals surface area contributed by atoms with Crippen LogP contribution in [0.5, 0.6) is 5.75 Å². The molecule has 5 heterocycles. The fourth-order valence-corrected chi connectivity index (χ4v) is 12.6. The summed E-state index contributed by atoms with van der Waals surface area (Å²) in [6.07, 6.45) is -4.75. The molecule has 0 aliphatic carbocycles. The lowest BCUT2D eigenvalue weighted by Crippen LogP contribution is -2.60. The van der Waals surface area contributed by atoms with E-state index in [4.69, 9.17) is 24.9 Å². The quantitative estimate of drug-likeness (QED) is 0.0173. The van der Waals surface area contributed by atoms with E-state index in [1.54, 1.807) is 46.0 Å². The van der Waals surface area contributed by atoms with Crippen molar-refractivity contribution in [1.29, 1.82) is 0 Å². The molecule has 95 heavy (non-hydrogen) atoms. The Labute approximate surface area is 557 Å². The Balaban J connectivity index is 1.13. The Morgan fingerprint density at radius 3 is 2.03 bits per heavy atom. The summed E-state index contributed by atoms with van der Waals surface area (Å²) < 4.78 is 17.3. The largest absolute Gasteiger partial charge is 0.462 e. The number of aliphatic hydroxyl groups excluding tert-OH is 4. The number of likely N-dealkylation sites (N-methyl/N-ethyl adjacent to an activating group) is 3. The molecule has 3 fully saturated rings. The highest BCUT2D eigenvalue weighted by Crippen LogP contribution is 2.32. The number of nitrogens with two attached hydrogens (primary N) is 1. The average Bonchev–Trinajstić information content (AvgIpc) is 1.73. The van der Waals surface area contributed by atoms with Crippen LogP contribution in [0, 0.1) is 11.8 Å². The van der Waals surface area contributed by atoms with E-state index in [2.05, 4.69) is 16.0 Å². The molecule has 4 aliphatic rings. The van der Waals surface area contributed by atoms with Crippen LogP contribution in [0.4, 0.5) is 0 Å². The average molecular weight is 1340 g/mol. The van der Waals surface area contributed by atoms with Gasteiger partial charge in [0.2, 0.25) is 41.7 Å². The van der Waals surface area contributed by atoms with Crippen LogP contribution in [0.15, 0.2) is 72.1 Å². The third-order valence-corrected chi connectivity index (χ3v) is 18.9. The topological polar surface area (TPSA) is 374 Å². The highest BCUT2D eigenvalue weighted by molar-refractivity contribution is 7.09. The van der Waals surface area contributed by atoms with Crippen molar-refractivity contribution in [2.24, 2.45) is 17.6 Å². The Hall–Kier alpha value is -7.77. The minimum absolute atomic E-state index is 0.0574. The number of imide groups is 1. The lowest BCUT2D eigenvalue weighted by atomic mass is 9.93. The van der Waals surface area contributed by atoms with Gasteiger partial charge in [0.05, 0.1) is 6.61 Å². The maximum atomic E-state index is 15.2. The molecule has 0 bridgehead atoms. The Kier molecular flexibility index (Phi) is 27.3. The van der Waals surface area contributed by atoms with E-state index in [0.717, 1.165) is 26.7 Å². The number of piperazine rings is 1. The van der Waals surface area contributed by atoms with Gasteiger partial charge < -0.3 is 75.9 Å². The summed E-state index contributed by atoms with van der Waals surface area (Å²) in [5, 5.41) is 51.6. The van der Waals surface area contributed by atoms with Gasteiger partial charge in [-0.15, -0.1) is 11.3 Å². The molecule has 7 rings (SSSR count). The second kappa shape index (κ2) is 34.8. The number of hydrogen-bond acceptors (Lipinski definition) is 21. The number of hydrogen-bond donors (Lipinski definition) is 8. The van der Waals surface area contributed by atoms with Gasteiger partial charge in [0.15, 0.2) is 6.10 Å². The van der Waals surface area contributed by atoms with E-state index >= 15 is 4.79 Å². The highest BCUT2D eigenvalue weighted by atomic mass is 32.1. The molecule has 9 N–H and O–H groups in total. The molecule has 3 aromatic rings. The fraction of sp³-hybridized carbons (Fsp3) is 0.591. The monoisotopic (exact) mass is 1340 g/mol. The molecule has 520 valence electrons. The zero-order valence-electron chi connectivity index (χ0n) is 55.2. The first-order valence-corrected chi connectivity index (χ1v) is 33.3. The van der Waals surface area contributed by atoms with Crippen molar-refractivity contribution in [3.63, 3.8) is 0 Å². The zero-order chi connectivity index (χ0) is 69.4. The lowest BCUT2D eigenvalue weighted by molar-refractivity contribution is -0.277. The molecule has 0 spiro atoms. The van der Waals surface area contributed by atoms with Crippen molar-refractivity contribution in [3.05, 3.63) is 94.0 Å². The number of ether oxygens (including phenoxy) is 3. The number of unbranched alkanes of at least 4 members (excludes halogenated alkanes) is 1. The molecule has 8 unspecified atom stereocenters. The van der Waals surface area contributed by atoms with Crippen LogP contribution in [0.1, 0.15) is 112 Å². The summed E-state index contributed by atoms with van der Waals surface area (Å²) in [6.45, 7) is 9.77. The number of carbonyl (C=O) groups excluding carboxylic acids is 10. The second-order valence-electron chi connectivity index (χ2n) is 25.2. The SMILES string of the molecule is CC[C@H](C)C(NC(=O)C1CN1C)C(=O)N(C)[C@H](C[C@@H](OC(C)=O)c1nc(C(=O)N(C)[C@@H](Cc2ccc(OC3OC(CO)C(O)C(O)C3O)cc2)C(=O)N[C@H](CCCCN)C(=O)N[C@@H](Cc2ccccc2)C(=O)N2CCN(C(=O)CCCN3C(=O)C=CC3=O)CC2)cs1)C(C)C. The van der Waals surface area contributed by atoms with Crippen molar-refractivity contribution >= 4 is 70.5 Å². The number of aliphatic hydroxyl groups is 4. The predicted molar refractivity (Wildman–Crippen MR) is 346 cm³/mol. The normalized spacial score (nSPS) is 22.4. The van der Waals surface area contributed by atoms with Gasteiger partial charge in [-0.25, -0.2) is 4.98 Å². The van der Waals surface area contributed by atoms with Gasteiger partial charge in [0.25, 0.3) is 17.7 Å². The predicted octanol–water partition coefficient (Wildman–Crippen LogP) is 0.0446. The molecule has 14 atom stereocenters. The number of thiazole rings is 1. The van der Waals surface area contributed by atoms with Gasteiger partial charge in [0, 0.05) is 110 Å². The first-order chi connectivity index (χ1) is 45.2. The van der Waals surface area contributed by atoms with Crippen LogP contribution in [0.2, 0.25) is 0 Å². The Morgan fingerprint density at radius 2 is 1.43 bits per heavy atom. The highest BCUT2D eigenvalue weighted by Gasteiger charge is 2.46. The van der Waals surface area contributed by atoms with Crippen LogP contribution >= 0.6 is 11.3 Å². The van der Waals surface area contributed by atoms with Crippen LogP contribution in [-0.4, -0.2) is 254 Å². The van der Waals surface area contributed by atoms with Crippen molar-refractivity contribution < 1.29 is 82.6 Å². The van der Waals surface area contributed by atoms with Crippen LogP contribution in [-0.2, 0) is 65.5 Å². The van der Waals surface area contributed by atoms with Crippen molar-refractivity contribution in [3.8, 4) is 5.75 Å². The summed E-state index contributed by atoms with van der Waals surface area (Å²) in [5.74, 6) is -5.26. The molecule has 0 radical (unpaired) electrons. The molecular weight excluding hydrogens is 1250 g/mol. The first kappa shape index (κ1) is 74.6. The van der Waals surface area contributed by atoms with E-state index in [-0.39, 0.29) is 130 Å². The number of nitrogens with one attached hydrogen (secondary N) is 3. The van der Waals surface area contributed by atoms with Gasteiger partial charge in [-0.3, -0.25) is 57.7 Å². The van der Waals surface area contributed by atoms with Crippen molar-refractivity contribution in [2.75, 3.05) is 73.6 Å². The molecule has 2 aromatic carbocycles. The van der Waals surface area contributed by atoms with E-state index in [1.165, 1.54) is 43.6 Å². The molecular formula is C66H93N11O17S. The molecule has 4 aliphatic heterocycles. The van der Waals surface area contributed by atoms with Gasteiger partial charge in [-0.1, -0.05) is 76.6 Å². The fourth-order valence-electron chi connectivity index (χ4n) is 11.8. The van der Waals surface area contributed by atoms with Crippen molar-refractivity contribution in [2.45, 2.75) is 165 Å². The number of carbonyl (C=O) groups is 10. The number of rotatable bonds is 33. The Bertz CT molecular complexity index is 3160. The summed E-state index contributed by atoms with van der Waals surface area (Å²) in [7, 11) is 4.85. The summed E-state index contributed by atoms with van der Waals surface area (Å²) in [4.78, 5) is 151. The lowest BCUT2D eigenvalue weighted by Gasteiger charge is -2.39. The molecule has 29 heteroatoms. The van der Waals surface area contributed by atoms with Crippen molar-refractivity contribution in [1.82, 2.24) is 50.3 Å². The van der Waals surface area contributed by atoms with Crippen LogP contribution < -0.4 is 26.4 Å². The number of aromatic nitrogens is 1. The molecule has 28 nitrogen and oxygen atoms in total. The van der Waals surface area contributed by atoms with Gasteiger partial charge >= 0.3 is 5.97 Å². The summed E-state index contributed by atoms with van der Waals surface area (Å²) in [6, 6.07) is 9.55.